The van der Waals surface area contributed by atoms with Crippen molar-refractivity contribution in [1.82, 2.24) is 0 Å². The van der Waals surface area contributed by atoms with Crippen molar-refractivity contribution < 1.29 is 9.53 Å². The molecule has 0 aliphatic rings. The molecule has 0 saturated heterocycles. The molecule has 0 heterocycles. The topological polar surface area (TPSA) is 26.3 Å². The van der Waals surface area contributed by atoms with Crippen LogP contribution in [0.1, 0.15) is 30.6 Å². The van der Waals surface area contributed by atoms with Crippen LogP contribution in [0.25, 0.3) is 0 Å². The smallest absolute Gasteiger partial charge is 0.173 e. The van der Waals surface area contributed by atoms with Gasteiger partial charge in [0.25, 0.3) is 0 Å². The largest absolute Gasteiger partial charge is 0.491 e. The summed E-state index contributed by atoms with van der Waals surface area (Å²) in [4.78, 5) is 11.4. The molecule has 2 nitrogen and oxygen atoms in total. The van der Waals surface area contributed by atoms with Crippen molar-refractivity contribution in [3.8, 4) is 5.75 Å². The molecule has 0 aliphatic heterocycles. The molecule has 1 aromatic carbocycles. The summed E-state index contributed by atoms with van der Waals surface area (Å²) in [6, 6.07) is 7.30. The summed E-state index contributed by atoms with van der Waals surface area (Å²) >= 11 is 3.15. The highest BCUT2D eigenvalue weighted by atomic mass is 79.9. The number of carbonyl (C=O) groups is 1. The normalized spacial score (nSPS) is 12.2. The van der Waals surface area contributed by atoms with Gasteiger partial charge in [0.05, 0.1) is 11.4 Å². The molecule has 0 bridgehead atoms. The van der Waals surface area contributed by atoms with Crippen molar-refractivity contribution in [2.24, 2.45) is 0 Å². The molecular formula is C12H15BrO2. The number of carbonyl (C=O) groups excluding carboxylic acids is 1. The van der Waals surface area contributed by atoms with E-state index < -0.39 is 0 Å². The minimum Gasteiger partial charge on any atom is -0.491 e. The predicted molar refractivity (Wildman–Crippen MR) is 64.9 cm³/mol. The van der Waals surface area contributed by atoms with Gasteiger partial charge in [-0.2, -0.15) is 0 Å². The van der Waals surface area contributed by atoms with Crippen LogP contribution in [-0.4, -0.2) is 17.2 Å². The maximum atomic E-state index is 11.4. The van der Waals surface area contributed by atoms with Crippen molar-refractivity contribution >= 4 is 21.7 Å². The van der Waals surface area contributed by atoms with Gasteiger partial charge in [-0.15, -0.1) is 0 Å². The molecular weight excluding hydrogens is 256 g/mol. The zero-order valence-electron chi connectivity index (χ0n) is 9.00. The number of hydrogen-bond donors (Lipinski definition) is 0. The first-order valence-corrected chi connectivity index (χ1v) is 6.15. The summed E-state index contributed by atoms with van der Waals surface area (Å²) in [7, 11) is 0. The van der Waals surface area contributed by atoms with Crippen molar-refractivity contribution in [2.45, 2.75) is 26.4 Å². The molecule has 0 spiro atoms. The van der Waals surface area contributed by atoms with Crippen LogP contribution in [0, 0.1) is 0 Å². The van der Waals surface area contributed by atoms with Gasteiger partial charge in [-0.3, -0.25) is 4.79 Å². The monoisotopic (exact) mass is 270 g/mol. The van der Waals surface area contributed by atoms with E-state index in [0.717, 1.165) is 12.2 Å². The van der Waals surface area contributed by atoms with E-state index >= 15 is 0 Å². The Morgan fingerprint density at radius 2 is 2.27 bits per heavy atom. The average Bonchev–Trinajstić information content (AvgIpc) is 2.28. The maximum Gasteiger partial charge on any atom is 0.173 e. The van der Waals surface area contributed by atoms with E-state index in [0.29, 0.717) is 10.9 Å². The lowest BCUT2D eigenvalue weighted by molar-refractivity contribution is 0.102. The van der Waals surface area contributed by atoms with Gasteiger partial charge < -0.3 is 4.74 Å². The van der Waals surface area contributed by atoms with E-state index in [2.05, 4.69) is 22.9 Å². The van der Waals surface area contributed by atoms with E-state index in [-0.39, 0.29) is 11.9 Å². The van der Waals surface area contributed by atoms with E-state index in [1.54, 1.807) is 12.1 Å². The fraction of sp³-hybridized carbons (Fsp3) is 0.417. The zero-order valence-corrected chi connectivity index (χ0v) is 10.6. The number of benzene rings is 1. The molecule has 0 saturated carbocycles. The van der Waals surface area contributed by atoms with Gasteiger partial charge in [-0.25, -0.2) is 0 Å². The van der Waals surface area contributed by atoms with Crippen LogP contribution in [0.15, 0.2) is 24.3 Å². The molecule has 1 aromatic rings. The highest BCUT2D eigenvalue weighted by Crippen LogP contribution is 2.16. The SMILES string of the molecule is CCC(C)Oc1cccc(C(=O)CBr)c1. The predicted octanol–water partition coefficient (Wildman–Crippen LogP) is 3.44. The molecule has 1 rings (SSSR count). The van der Waals surface area contributed by atoms with E-state index in [4.69, 9.17) is 4.74 Å². The Bertz CT molecular complexity index is 336. The van der Waals surface area contributed by atoms with Gasteiger partial charge in [-0.05, 0) is 25.5 Å². The second-order valence-electron chi connectivity index (χ2n) is 3.42. The molecule has 82 valence electrons. The Morgan fingerprint density at radius 1 is 1.53 bits per heavy atom. The Hall–Kier alpha value is -0.830. The summed E-state index contributed by atoms with van der Waals surface area (Å²) < 4.78 is 5.63. The van der Waals surface area contributed by atoms with Crippen molar-refractivity contribution in [3.05, 3.63) is 29.8 Å². The fourth-order valence-electron chi connectivity index (χ4n) is 1.14. The fourth-order valence-corrected chi connectivity index (χ4v) is 1.46. The lowest BCUT2D eigenvalue weighted by atomic mass is 10.1. The second kappa shape index (κ2) is 5.91. The molecule has 0 radical (unpaired) electrons. The first kappa shape index (κ1) is 12.2. The number of rotatable bonds is 5. The number of alkyl halides is 1. The molecule has 0 N–H and O–H groups in total. The summed E-state index contributed by atoms with van der Waals surface area (Å²) in [5.41, 5.74) is 0.688. The molecule has 0 aliphatic carbocycles. The van der Waals surface area contributed by atoms with Gasteiger partial charge in [0.2, 0.25) is 0 Å². The number of ether oxygens (including phenoxy) is 1. The first-order valence-electron chi connectivity index (χ1n) is 5.03. The van der Waals surface area contributed by atoms with Crippen molar-refractivity contribution in [1.29, 1.82) is 0 Å². The highest BCUT2D eigenvalue weighted by molar-refractivity contribution is 9.09. The van der Waals surface area contributed by atoms with Crippen LogP contribution in [0.2, 0.25) is 0 Å². The third-order valence-corrected chi connectivity index (χ3v) is 2.70. The summed E-state index contributed by atoms with van der Waals surface area (Å²) in [6.07, 6.45) is 1.13. The number of Topliss-reactive ketones (excluding diaryl/α,β-unsaturated/α-hetero) is 1. The Balaban J connectivity index is 2.78. The van der Waals surface area contributed by atoms with Gasteiger partial charge in [-0.1, -0.05) is 35.0 Å². The molecule has 1 atom stereocenters. The van der Waals surface area contributed by atoms with Gasteiger partial charge in [0.15, 0.2) is 5.78 Å². The van der Waals surface area contributed by atoms with E-state index in [1.165, 1.54) is 0 Å². The molecule has 3 heteroatoms. The van der Waals surface area contributed by atoms with Gasteiger partial charge >= 0.3 is 0 Å². The summed E-state index contributed by atoms with van der Waals surface area (Å²) in [5.74, 6) is 0.834. The Kier molecular flexibility index (Phi) is 4.82. The molecule has 1 unspecified atom stereocenters. The Labute approximate surface area is 98.8 Å². The first-order chi connectivity index (χ1) is 7.17. The van der Waals surface area contributed by atoms with Crippen molar-refractivity contribution in [2.75, 3.05) is 5.33 Å². The van der Waals surface area contributed by atoms with Crippen LogP contribution >= 0.6 is 15.9 Å². The molecule has 0 fully saturated rings. The van der Waals surface area contributed by atoms with Gasteiger partial charge in [0, 0.05) is 5.56 Å². The lowest BCUT2D eigenvalue weighted by Crippen LogP contribution is -2.10. The standard InChI is InChI=1S/C12H15BrO2/c1-3-9(2)15-11-6-4-5-10(7-11)12(14)8-13/h4-7,9H,3,8H2,1-2H3. The average molecular weight is 271 g/mol. The van der Waals surface area contributed by atoms with Crippen LogP contribution in [-0.2, 0) is 0 Å². The summed E-state index contributed by atoms with van der Waals surface area (Å²) in [5, 5.41) is 0.347. The summed E-state index contributed by atoms with van der Waals surface area (Å²) in [6.45, 7) is 4.08. The molecule has 15 heavy (non-hydrogen) atoms. The number of ketones is 1. The molecule has 0 aromatic heterocycles. The zero-order chi connectivity index (χ0) is 11.3. The minimum atomic E-state index is 0.0737. The van der Waals surface area contributed by atoms with Crippen LogP contribution in [0.3, 0.4) is 0 Å². The van der Waals surface area contributed by atoms with Gasteiger partial charge in [0.1, 0.15) is 5.75 Å². The van der Waals surface area contributed by atoms with E-state index in [9.17, 15) is 4.79 Å². The number of hydrogen-bond acceptors (Lipinski definition) is 2. The number of halogens is 1. The third kappa shape index (κ3) is 3.67. The van der Waals surface area contributed by atoms with Crippen LogP contribution < -0.4 is 4.74 Å². The van der Waals surface area contributed by atoms with E-state index in [1.807, 2.05) is 19.1 Å². The van der Waals surface area contributed by atoms with Crippen LogP contribution in [0.5, 0.6) is 5.75 Å². The maximum absolute atomic E-state index is 11.4. The third-order valence-electron chi connectivity index (χ3n) is 2.19. The quantitative estimate of drug-likeness (QED) is 0.605. The second-order valence-corrected chi connectivity index (χ2v) is 3.98. The molecule has 0 amide bonds. The lowest BCUT2D eigenvalue weighted by Gasteiger charge is -2.12. The highest BCUT2D eigenvalue weighted by Gasteiger charge is 2.06. The van der Waals surface area contributed by atoms with Crippen LogP contribution in [0.4, 0.5) is 0 Å². The Morgan fingerprint density at radius 3 is 2.87 bits per heavy atom. The van der Waals surface area contributed by atoms with Crippen molar-refractivity contribution in [3.63, 3.8) is 0 Å². The minimum absolute atomic E-state index is 0.0737.